The van der Waals surface area contributed by atoms with Crippen molar-refractivity contribution in [3.63, 3.8) is 0 Å². The molecule has 226 valence electrons. The molecule has 10 aromatic rings. The van der Waals surface area contributed by atoms with Gasteiger partial charge in [-0.15, -0.1) is 34.0 Å². The first-order chi connectivity index (χ1) is 23.7. The van der Waals surface area contributed by atoms with Gasteiger partial charge in [-0.05, 0) is 45.9 Å². The second kappa shape index (κ2) is 10.9. The Morgan fingerprint density at radius 3 is 1.21 bits per heavy atom. The van der Waals surface area contributed by atoms with Crippen LogP contribution < -0.4 is 5.46 Å². The molecule has 6 heteroatoms. The highest BCUT2D eigenvalue weighted by atomic mass is 32.1. The van der Waals surface area contributed by atoms with Crippen LogP contribution in [0.15, 0.2) is 140 Å². The van der Waals surface area contributed by atoms with Gasteiger partial charge in [0, 0.05) is 71.6 Å². The molecule has 0 amide bonds. The Morgan fingerprint density at radius 2 is 0.729 bits per heavy atom. The van der Waals surface area contributed by atoms with E-state index in [2.05, 4.69) is 133 Å². The van der Waals surface area contributed by atoms with E-state index in [0.717, 1.165) is 38.1 Å². The molecule has 10 rings (SSSR count). The first-order valence-corrected chi connectivity index (χ1v) is 18.4. The third kappa shape index (κ3) is 4.11. The van der Waals surface area contributed by atoms with Gasteiger partial charge in [-0.25, -0.2) is 0 Å². The lowest BCUT2D eigenvalue weighted by atomic mass is 9.71. The van der Waals surface area contributed by atoms with Crippen LogP contribution in [0.2, 0.25) is 0 Å². The molecular weight excluding hydrogens is 643 g/mol. The summed E-state index contributed by atoms with van der Waals surface area (Å²) in [5.41, 5.74) is 6.71. The Bertz CT molecular complexity index is 2890. The predicted octanol–water partition coefficient (Wildman–Crippen LogP) is 11.5. The molecular formula is C42H25BO2S3. The van der Waals surface area contributed by atoms with Gasteiger partial charge >= 0.3 is 7.12 Å². The van der Waals surface area contributed by atoms with Gasteiger partial charge in [-0.3, -0.25) is 0 Å². The zero-order valence-corrected chi connectivity index (χ0v) is 27.9. The van der Waals surface area contributed by atoms with Gasteiger partial charge in [-0.1, -0.05) is 121 Å². The average Bonchev–Trinajstić information content (AvgIpc) is 3.82. The summed E-state index contributed by atoms with van der Waals surface area (Å²) in [7, 11) is -1.65. The first-order valence-electron chi connectivity index (χ1n) is 15.9. The zero-order chi connectivity index (χ0) is 31.9. The molecule has 2 nitrogen and oxygen atoms in total. The van der Waals surface area contributed by atoms with E-state index in [0.29, 0.717) is 5.46 Å². The van der Waals surface area contributed by atoms with Gasteiger partial charge in [-0.2, -0.15) is 0 Å². The fourth-order valence-corrected chi connectivity index (χ4v) is 11.2. The Hall–Kier alpha value is -4.82. The Balaban J connectivity index is 1.40. The maximum Gasteiger partial charge on any atom is 0.489 e. The monoisotopic (exact) mass is 668 g/mol. The van der Waals surface area contributed by atoms with Gasteiger partial charge in [0.05, 0.1) is 0 Å². The molecule has 0 fully saturated rings. The highest BCUT2D eigenvalue weighted by molar-refractivity contribution is 7.27. The summed E-state index contributed by atoms with van der Waals surface area (Å²) in [5, 5.41) is 29.5. The molecule has 0 bridgehead atoms. The van der Waals surface area contributed by atoms with Crippen molar-refractivity contribution in [3.05, 3.63) is 140 Å². The largest absolute Gasteiger partial charge is 0.489 e. The molecule has 0 aliphatic carbocycles. The molecule has 7 aromatic carbocycles. The maximum atomic E-state index is 11.1. The summed E-state index contributed by atoms with van der Waals surface area (Å²) >= 11 is 5.38. The first kappa shape index (κ1) is 28.2. The summed E-state index contributed by atoms with van der Waals surface area (Å²) in [4.78, 5) is 0. The molecule has 0 unspecified atom stereocenters. The van der Waals surface area contributed by atoms with Crippen molar-refractivity contribution in [2.24, 2.45) is 0 Å². The number of fused-ring (bicyclic) bond motifs is 9. The zero-order valence-electron chi connectivity index (χ0n) is 25.5. The molecule has 3 heterocycles. The number of hydrogen-bond acceptors (Lipinski definition) is 5. The maximum absolute atomic E-state index is 11.1. The van der Waals surface area contributed by atoms with E-state index in [-0.39, 0.29) is 0 Å². The van der Waals surface area contributed by atoms with Crippen LogP contribution >= 0.6 is 34.0 Å². The molecule has 0 spiro atoms. The molecule has 0 saturated heterocycles. The second-order valence-electron chi connectivity index (χ2n) is 12.2. The molecule has 0 aliphatic heterocycles. The Morgan fingerprint density at radius 1 is 0.333 bits per heavy atom. The number of benzene rings is 7. The van der Waals surface area contributed by atoms with E-state index in [9.17, 15) is 10.0 Å². The summed E-state index contributed by atoms with van der Waals surface area (Å²) in [6, 6.07) is 49.3. The second-order valence-corrected chi connectivity index (χ2v) is 15.3. The molecule has 3 aromatic heterocycles. The van der Waals surface area contributed by atoms with Crippen molar-refractivity contribution in [1.29, 1.82) is 0 Å². The van der Waals surface area contributed by atoms with E-state index < -0.39 is 7.12 Å². The molecule has 2 N–H and O–H groups in total. The fraction of sp³-hybridized carbons (Fsp3) is 0. The lowest BCUT2D eigenvalue weighted by Gasteiger charge is -2.21. The van der Waals surface area contributed by atoms with E-state index in [1.807, 2.05) is 17.4 Å². The van der Waals surface area contributed by atoms with Crippen LogP contribution in [0.5, 0.6) is 0 Å². The Labute approximate surface area is 288 Å². The smallest absolute Gasteiger partial charge is 0.423 e. The minimum Gasteiger partial charge on any atom is -0.423 e. The molecule has 0 saturated carbocycles. The van der Waals surface area contributed by atoms with Crippen LogP contribution in [0.25, 0.3) is 93.9 Å². The summed E-state index contributed by atoms with van der Waals surface area (Å²) in [6.07, 6.45) is 0. The minimum atomic E-state index is -1.65. The average molecular weight is 669 g/mol. The minimum absolute atomic E-state index is 0.500. The van der Waals surface area contributed by atoms with Crippen LogP contribution in [0.1, 0.15) is 0 Å². The van der Waals surface area contributed by atoms with Crippen molar-refractivity contribution in [2.45, 2.75) is 0 Å². The number of thiophene rings is 3. The lowest BCUT2D eigenvalue weighted by molar-refractivity contribution is 0.426. The summed E-state index contributed by atoms with van der Waals surface area (Å²) < 4.78 is 7.27. The normalized spacial score (nSPS) is 12.0. The molecule has 48 heavy (non-hydrogen) atoms. The molecule has 0 radical (unpaired) electrons. The van der Waals surface area contributed by atoms with Gasteiger partial charge in [0.1, 0.15) is 0 Å². The fourth-order valence-electron chi connectivity index (χ4n) is 7.48. The SMILES string of the molecule is OB(O)c1ccc(-c2cccc3c2sc2ccccc23)c(-c2cccc3c2sc2ccccc23)c1-c1cccc2c1sc1ccccc12. The van der Waals surface area contributed by atoms with Crippen LogP contribution in [0.4, 0.5) is 0 Å². The van der Waals surface area contributed by atoms with Gasteiger partial charge in [0.2, 0.25) is 0 Å². The topological polar surface area (TPSA) is 40.5 Å². The quantitative estimate of drug-likeness (QED) is 0.183. The summed E-state index contributed by atoms with van der Waals surface area (Å²) in [5.74, 6) is 0. The summed E-state index contributed by atoms with van der Waals surface area (Å²) in [6.45, 7) is 0. The van der Waals surface area contributed by atoms with Crippen molar-refractivity contribution in [3.8, 4) is 33.4 Å². The number of rotatable bonds is 4. The number of hydrogen-bond donors (Lipinski definition) is 2. The highest BCUT2D eigenvalue weighted by Crippen LogP contribution is 2.50. The third-order valence-corrected chi connectivity index (χ3v) is 13.2. The van der Waals surface area contributed by atoms with Crippen LogP contribution in [-0.4, -0.2) is 17.2 Å². The van der Waals surface area contributed by atoms with Crippen molar-refractivity contribution < 1.29 is 10.0 Å². The third-order valence-electron chi connectivity index (χ3n) is 9.56. The van der Waals surface area contributed by atoms with Gasteiger partial charge in [0.25, 0.3) is 0 Å². The van der Waals surface area contributed by atoms with Crippen molar-refractivity contribution in [2.75, 3.05) is 0 Å². The standard InChI is InChI=1S/C42H25BO2S3/c44-43(45)34-23-22-27(31-16-7-13-28-24-10-1-4-19-35(24)46-40(28)31)38(32-17-8-14-29-25-11-2-5-20-36(25)47-41(29)32)39(34)33-18-9-15-30-26-12-3-6-21-37(26)48-42(30)33/h1-23,44-45H. The van der Waals surface area contributed by atoms with Crippen LogP contribution in [-0.2, 0) is 0 Å². The van der Waals surface area contributed by atoms with E-state index in [1.165, 1.54) is 55.8 Å². The molecule has 0 aliphatic rings. The molecule has 0 atom stereocenters. The van der Waals surface area contributed by atoms with E-state index >= 15 is 0 Å². The predicted molar refractivity (Wildman–Crippen MR) is 211 cm³/mol. The van der Waals surface area contributed by atoms with Gasteiger partial charge < -0.3 is 10.0 Å². The van der Waals surface area contributed by atoms with E-state index in [4.69, 9.17) is 0 Å². The lowest BCUT2D eigenvalue weighted by Crippen LogP contribution is -2.32. The van der Waals surface area contributed by atoms with Crippen LogP contribution in [0, 0.1) is 0 Å². The van der Waals surface area contributed by atoms with Crippen molar-refractivity contribution in [1.82, 2.24) is 0 Å². The van der Waals surface area contributed by atoms with Crippen LogP contribution in [0.3, 0.4) is 0 Å². The van der Waals surface area contributed by atoms with Gasteiger partial charge in [0.15, 0.2) is 0 Å². The highest BCUT2D eigenvalue weighted by Gasteiger charge is 2.28. The Kier molecular flexibility index (Phi) is 6.38. The van der Waals surface area contributed by atoms with E-state index in [1.54, 1.807) is 22.7 Å². The van der Waals surface area contributed by atoms with Crippen molar-refractivity contribution >= 4 is 107 Å².